The zero-order chi connectivity index (χ0) is 21.3. The second-order valence-electron chi connectivity index (χ2n) is 6.77. The molecule has 148 valence electrons. The number of nitrogens with zero attached hydrogens (tertiary/aromatic N) is 4. The number of amides is 1. The quantitative estimate of drug-likeness (QED) is 0.568. The van der Waals surface area contributed by atoms with Crippen molar-refractivity contribution < 1.29 is 9.53 Å². The predicted molar refractivity (Wildman–Crippen MR) is 113 cm³/mol. The van der Waals surface area contributed by atoms with Crippen molar-refractivity contribution in [3.63, 3.8) is 0 Å². The van der Waals surface area contributed by atoms with Gasteiger partial charge in [-0.2, -0.15) is 5.26 Å². The summed E-state index contributed by atoms with van der Waals surface area (Å²) in [6.07, 6.45) is 1.68. The summed E-state index contributed by atoms with van der Waals surface area (Å²) in [4.78, 5) is 21.4. The highest BCUT2D eigenvalue weighted by atomic mass is 16.5. The second-order valence-corrected chi connectivity index (χ2v) is 6.77. The Labute approximate surface area is 173 Å². The van der Waals surface area contributed by atoms with E-state index in [1.54, 1.807) is 25.4 Å². The molecule has 0 unspecified atom stereocenters. The Kier molecular flexibility index (Phi) is 4.90. The Morgan fingerprint density at radius 1 is 1.07 bits per heavy atom. The van der Waals surface area contributed by atoms with Crippen LogP contribution < -0.4 is 10.1 Å². The summed E-state index contributed by atoms with van der Waals surface area (Å²) in [6.45, 7) is 2.02. The summed E-state index contributed by atoms with van der Waals surface area (Å²) in [5.41, 5.74) is 5.58. The third kappa shape index (κ3) is 3.25. The molecule has 4 rings (SSSR count). The normalized spacial score (nSPS) is 10.6. The van der Waals surface area contributed by atoms with Crippen LogP contribution in [-0.2, 0) is 0 Å². The van der Waals surface area contributed by atoms with Crippen molar-refractivity contribution in [1.29, 1.82) is 5.26 Å². The molecule has 0 saturated carbocycles. The SMILES string of the molecule is CNC(=O)c1cn2c(-c3ccc(C)cc3)c(-c3ccc(C#N)cc3)nc(OC)c2n1. The Balaban J connectivity index is 2.08. The van der Waals surface area contributed by atoms with Crippen LogP contribution in [0.2, 0.25) is 0 Å². The standard InChI is InChI=1S/C23H19N5O2/c1-14-4-8-17(9-5-14)20-19(16-10-6-15(12-24)7-11-16)27-23(30-3)21-26-18(13-28(20)21)22(29)25-2/h4-11,13H,1-3H3,(H,25,29). The van der Waals surface area contributed by atoms with Crippen molar-refractivity contribution in [1.82, 2.24) is 19.7 Å². The van der Waals surface area contributed by atoms with Gasteiger partial charge in [-0.3, -0.25) is 9.20 Å². The summed E-state index contributed by atoms with van der Waals surface area (Å²) < 4.78 is 7.32. The number of hydrogen-bond donors (Lipinski definition) is 1. The summed E-state index contributed by atoms with van der Waals surface area (Å²) in [7, 11) is 3.08. The van der Waals surface area contributed by atoms with Gasteiger partial charge in [-0.25, -0.2) is 9.97 Å². The molecule has 2 aromatic carbocycles. The molecule has 7 heteroatoms. The summed E-state index contributed by atoms with van der Waals surface area (Å²) in [5.74, 6) is 0.0101. The van der Waals surface area contributed by atoms with Crippen molar-refractivity contribution in [2.75, 3.05) is 14.2 Å². The maximum Gasteiger partial charge on any atom is 0.271 e. The zero-order valence-corrected chi connectivity index (χ0v) is 16.8. The Hall–Kier alpha value is -4.18. The number of hydrogen-bond acceptors (Lipinski definition) is 5. The number of imidazole rings is 1. The molecule has 0 aliphatic rings. The van der Waals surface area contributed by atoms with Crippen molar-refractivity contribution >= 4 is 11.6 Å². The molecular formula is C23H19N5O2. The average molecular weight is 397 g/mol. The molecule has 4 aromatic rings. The first-order valence-electron chi connectivity index (χ1n) is 9.32. The maximum absolute atomic E-state index is 12.2. The van der Waals surface area contributed by atoms with E-state index in [2.05, 4.69) is 16.4 Å². The van der Waals surface area contributed by atoms with Crippen molar-refractivity contribution in [3.8, 4) is 34.5 Å². The first-order chi connectivity index (χ1) is 14.5. The molecule has 0 bridgehead atoms. The molecule has 7 nitrogen and oxygen atoms in total. The third-order valence-corrected chi connectivity index (χ3v) is 4.84. The van der Waals surface area contributed by atoms with Crippen molar-refractivity contribution in [2.24, 2.45) is 0 Å². The monoisotopic (exact) mass is 397 g/mol. The van der Waals surface area contributed by atoms with Crippen LogP contribution in [0.1, 0.15) is 21.6 Å². The van der Waals surface area contributed by atoms with Gasteiger partial charge in [-0.05, 0) is 19.1 Å². The predicted octanol–water partition coefficient (Wildman–Crippen LogP) is 3.61. The second kappa shape index (κ2) is 7.68. The van der Waals surface area contributed by atoms with E-state index in [0.29, 0.717) is 22.8 Å². The third-order valence-electron chi connectivity index (χ3n) is 4.84. The summed E-state index contributed by atoms with van der Waals surface area (Å²) in [6, 6.07) is 17.4. The minimum absolute atomic E-state index is 0.267. The van der Waals surface area contributed by atoms with E-state index in [-0.39, 0.29) is 11.6 Å². The van der Waals surface area contributed by atoms with Gasteiger partial charge in [0.2, 0.25) is 5.65 Å². The van der Waals surface area contributed by atoms with E-state index in [1.807, 2.05) is 47.7 Å². The Morgan fingerprint density at radius 2 is 1.73 bits per heavy atom. The average Bonchev–Trinajstić information content (AvgIpc) is 3.23. The molecule has 0 atom stereocenters. The minimum atomic E-state index is -0.296. The highest BCUT2D eigenvalue weighted by Crippen LogP contribution is 2.35. The Morgan fingerprint density at radius 3 is 2.33 bits per heavy atom. The number of rotatable bonds is 4. The zero-order valence-electron chi connectivity index (χ0n) is 16.8. The lowest BCUT2D eigenvalue weighted by Crippen LogP contribution is -2.17. The van der Waals surface area contributed by atoms with E-state index >= 15 is 0 Å². The van der Waals surface area contributed by atoms with Gasteiger partial charge in [0.25, 0.3) is 11.8 Å². The van der Waals surface area contributed by atoms with Crippen molar-refractivity contribution in [3.05, 3.63) is 71.5 Å². The van der Waals surface area contributed by atoms with E-state index < -0.39 is 0 Å². The van der Waals surface area contributed by atoms with Crippen LogP contribution in [0, 0.1) is 18.3 Å². The largest absolute Gasteiger partial charge is 0.478 e. The number of nitrogens with one attached hydrogen (secondary N) is 1. The van der Waals surface area contributed by atoms with E-state index in [0.717, 1.165) is 22.4 Å². The fourth-order valence-electron chi connectivity index (χ4n) is 3.29. The molecule has 30 heavy (non-hydrogen) atoms. The molecule has 2 heterocycles. The first kappa shape index (κ1) is 19.2. The number of benzene rings is 2. The molecular weight excluding hydrogens is 378 g/mol. The van der Waals surface area contributed by atoms with Gasteiger partial charge in [-0.1, -0.05) is 42.0 Å². The van der Waals surface area contributed by atoms with Gasteiger partial charge < -0.3 is 10.1 Å². The molecule has 0 radical (unpaired) electrons. The molecule has 1 N–H and O–H groups in total. The number of fused-ring (bicyclic) bond motifs is 1. The van der Waals surface area contributed by atoms with Gasteiger partial charge in [0.05, 0.1) is 30.1 Å². The summed E-state index contributed by atoms with van der Waals surface area (Å²) >= 11 is 0. The van der Waals surface area contributed by atoms with Crippen LogP contribution in [-0.4, -0.2) is 34.4 Å². The van der Waals surface area contributed by atoms with Crippen LogP contribution >= 0.6 is 0 Å². The molecule has 1 amide bonds. The van der Waals surface area contributed by atoms with Gasteiger partial charge in [0, 0.05) is 24.4 Å². The molecule has 0 spiro atoms. The number of aryl methyl sites for hydroxylation is 1. The van der Waals surface area contributed by atoms with Crippen LogP contribution in [0.25, 0.3) is 28.2 Å². The molecule has 0 aliphatic heterocycles. The first-order valence-corrected chi connectivity index (χ1v) is 9.32. The van der Waals surface area contributed by atoms with Crippen LogP contribution in [0.15, 0.2) is 54.7 Å². The lowest BCUT2D eigenvalue weighted by Gasteiger charge is -2.14. The number of carbonyl (C=O) groups is 1. The van der Waals surface area contributed by atoms with Crippen molar-refractivity contribution in [2.45, 2.75) is 6.92 Å². The molecule has 0 saturated heterocycles. The lowest BCUT2D eigenvalue weighted by molar-refractivity contribution is 0.0959. The molecule has 2 aromatic heterocycles. The van der Waals surface area contributed by atoms with Gasteiger partial charge in [0.15, 0.2) is 0 Å². The fourth-order valence-corrected chi connectivity index (χ4v) is 3.29. The fraction of sp³-hybridized carbons (Fsp3) is 0.130. The van der Waals surface area contributed by atoms with Gasteiger partial charge in [-0.15, -0.1) is 0 Å². The lowest BCUT2D eigenvalue weighted by atomic mass is 10.0. The van der Waals surface area contributed by atoms with Crippen LogP contribution in [0.3, 0.4) is 0 Å². The van der Waals surface area contributed by atoms with Gasteiger partial charge >= 0.3 is 0 Å². The number of methoxy groups -OCH3 is 1. The molecule has 0 aliphatic carbocycles. The topological polar surface area (TPSA) is 92.3 Å². The molecule has 0 fully saturated rings. The minimum Gasteiger partial charge on any atom is -0.478 e. The van der Waals surface area contributed by atoms with Crippen LogP contribution in [0.4, 0.5) is 0 Å². The van der Waals surface area contributed by atoms with Crippen LogP contribution in [0.5, 0.6) is 5.88 Å². The number of carbonyl (C=O) groups excluding carboxylic acids is 1. The highest BCUT2D eigenvalue weighted by molar-refractivity contribution is 5.93. The maximum atomic E-state index is 12.2. The van der Waals surface area contributed by atoms with E-state index in [4.69, 9.17) is 15.0 Å². The summed E-state index contributed by atoms with van der Waals surface area (Å²) in [5, 5.41) is 11.7. The number of ether oxygens (including phenoxy) is 1. The van der Waals surface area contributed by atoms with E-state index in [9.17, 15) is 4.79 Å². The van der Waals surface area contributed by atoms with Gasteiger partial charge in [0.1, 0.15) is 5.69 Å². The number of aromatic nitrogens is 3. The Bertz CT molecular complexity index is 1280. The number of nitriles is 1. The van der Waals surface area contributed by atoms with E-state index in [1.165, 1.54) is 7.11 Å². The highest BCUT2D eigenvalue weighted by Gasteiger charge is 2.21. The smallest absolute Gasteiger partial charge is 0.271 e.